The van der Waals surface area contributed by atoms with Crippen LogP contribution in [0, 0.1) is 6.92 Å². The van der Waals surface area contributed by atoms with Gasteiger partial charge in [-0.2, -0.15) is 0 Å². The Bertz CT molecular complexity index is 809. The van der Waals surface area contributed by atoms with E-state index in [0.717, 1.165) is 11.2 Å². The van der Waals surface area contributed by atoms with Crippen molar-refractivity contribution in [2.75, 3.05) is 5.73 Å². The number of carbonyl (C=O) groups is 1. The van der Waals surface area contributed by atoms with Crippen molar-refractivity contribution in [3.05, 3.63) is 59.5 Å². The molecule has 0 atom stereocenters. The van der Waals surface area contributed by atoms with E-state index in [9.17, 15) is 4.79 Å². The lowest BCUT2D eigenvalue weighted by Gasteiger charge is -2.06. The molecule has 0 aliphatic heterocycles. The van der Waals surface area contributed by atoms with E-state index < -0.39 is 0 Å². The zero-order valence-corrected chi connectivity index (χ0v) is 11.6. The third kappa shape index (κ3) is 2.55. The van der Waals surface area contributed by atoms with Gasteiger partial charge in [-0.1, -0.05) is 6.07 Å². The highest BCUT2D eigenvalue weighted by Crippen LogP contribution is 2.12. The van der Waals surface area contributed by atoms with Crippen LogP contribution in [0.5, 0.6) is 0 Å². The Hall–Kier alpha value is -2.89. The number of nitrogen functional groups attached to an aromatic ring is 1. The summed E-state index contributed by atoms with van der Waals surface area (Å²) in [6, 6.07) is 10.9. The van der Waals surface area contributed by atoms with E-state index in [1.165, 1.54) is 0 Å². The highest BCUT2D eigenvalue weighted by atomic mass is 16.1. The minimum atomic E-state index is -0.161. The number of nitrogens with two attached hydrogens (primary N) is 1. The van der Waals surface area contributed by atoms with Crippen LogP contribution < -0.4 is 11.1 Å². The summed E-state index contributed by atoms with van der Waals surface area (Å²) in [5.74, 6) is 0.525. The first-order valence-corrected chi connectivity index (χ1v) is 6.58. The van der Waals surface area contributed by atoms with Crippen LogP contribution in [0.25, 0.3) is 5.65 Å². The molecule has 3 aromatic rings. The number of hydrogen-bond donors (Lipinski definition) is 2. The Balaban J connectivity index is 1.75. The standard InChI is InChI=1S/C15H15N5O/c1-10-8-11(5-6-12(10)16)15(21)17-9-14-19-18-13-4-2-3-7-20(13)14/h2-8H,9,16H2,1H3,(H,17,21). The zero-order valence-electron chi connectivity index (χ0n) is 11.6. The number of anilines is 1. The lowest BCUT2D eigenvalue weighted by Crippen LogP contribution is -2.24. The fraction of sp³-hybridized carbons (Fsp3) is 0.133. The van der Waals surface area contributed by atoms with E-state index in [4.69, 9.17) is 5.73 Å². The Morgan fingerprint density at radius 2 is 2.14 bits per heavy atom. The van der Waals surface area contributed by atoms with Crippen molar-refractivity contribution in [2.45, 2.75) is 13.5 Å². The van der Waals surface area contributed by atoms with Crippen molar-refractivity contribution in [2.24, 2.45) is 0 Å². The number of carbonyl (C=O) groups excluding carboxylic acids is 1. The number of benzene rings is 1. The summed E-state index contributed by atoms with van der Waals surface area (Å²) >= 11 is 0. The summed E-state index contributed by atoms with van der Waals surface area (Å²) in [7, 11) is 0. The molecule has 1 amide bonds. The minimum Gasteiger partial charge on any atom is -0.399 e. The van der Waals surface area contributed by atoms with Crippen LogP contribution in [-0.4, -0.2) is 20.5 Å². The van der Waals surface area contributed by atoms with Crippen molar-refractivity contribution in [1.29, 1.82) is 0 Å². The topological polar surface area (TPSA) is 85.3 Å². The third-order valence-corrected chi connectivity index (χ3v) is 3.32. The van der Waals surface area contributed by atoms with Gasteiger partial charge in [-0.05, 0) is 42.8 Å². The number of fused-ring (bicyclic) bond motifs is 1. The monoisotopic (exact) mass is 281 g/mol. The summed E-state index contributed by atoms with van der Waals surface area (Å²) in [6.45, 7) is 2.19. The van der Waals surface area contributed by atoms with Crippen LogP contribution >= 0.6 is 0 Å². The smallest absolute Gasteiger partial charge is 0.251 e. The van der Waals surface area contributed by atoms with Crippen molar-refractivity contribution in [3.8, 4) is 0 Å². The highest BCUT2D eigenvalue weighted by molar-refractivity contribution is 5.94. The van der Waals surface area contributed by atoms with Crippen molar-refractivity contribution in [1.82, 2.24) is 19.9 Å². The molecule has 6 heteroatoms. The largest absolute Gasteiger partial charge is 0.399 e. The molecule has 0 saturated carbocycles. The molecule has 6 nitrogen and oxygen atoms in total. The number of aromatic nitrogens is 3. The fourth-order valence-corrected chi connectivity index (χ4v) is 2.09. The van der Waals surface area contributed by atoms with Gasteiger partial charge in [-0.3, -0.25) is 9.20 Å². The number of rotatable bonds is 3. The summed E-state index contributed by atoms with van der Waals surface area (Å²) in [5, 5.41) is 10.9. The van der Waals surface area contributed by atoms with E-state index in [1.54, 1.807) is 18.2 Å². The number of hydrogen-bond acceptors (Lipinski definition) is 4. The van der Waals surface area contributed by atoms with Gasteiger partial charge in [0, 0.05) is 17.4 Å². The van der Waals surface area contributed by atoms with Crippen LogP contribution in [0.1, 0.15) is 21.7 Å². The molecule has 2 heterocycles. The van der Waals surface area contributed by atoms with Gasteiger partial charge in [0.1, 0.15) is 0 Å². The van der Waals surface area contributed by atoms with Crippen molar-refractivity contribution < 1.29 is 4.79 Å². The second-order valence-corrected chi connectivity index (χ2v) is 4.80. The third-order valence-electron chi connectivity index (χ3n) is 3.32. The molecule has 3 N–H and O–H groups in total. The molecule has 0 unspecified atom stereocenters. The SMILES string of the molecule is Cc1cc(C(=O)NCc2nnc3ccccn23)ccc1N. The number of aryl methyl sites for hydroxylation is 1. The lowest BCUT2D eigenvalue weighted by molar-refractivity contribution is 0.0949. The van der Waals surface area contributed by atoms with E-state index in [-0.39, 0.29) is 5.91 Å². The molecule has 0 spiro atoms. The molecular weight excluding hydrogens is 266 g/mol. The maximum atomic E-state index is 12.1. The van der Waals surface area contributed by atoms with Gasteiger partial charge in [0.2, 0.25) is 0 Å². The summed E-state index contributed by atoms with van der Waals surface area (Å²) < 4.78 is 1.84. The lowest BCUT2D eigenvalue weighted by atomic mass is 10.1. The van der Waals surface area contributed by atoms with Gasteiger partial charge in [0.15, 0.2) is 11.5 Å². The van der Waals surface area contributed by atoms with Gasteiger partial charge in [0.05, 0.1) is 6.54 Å². The molecule has 0 radical (unpaired) electrons. The van der Waals surface area contributed by atoms with Crippen molar-refractivity contribution in [3.63, 3.8) is 0 Å². The molecule has 21 heavy (non-hydrogen) atoms. The molecule has 106 valence electrons. The molecule has 2 aromatic heterocycles. The first kappa shape index (κ1) is 13.1. The highest BCUT2D eigenvalue weighted by Gasteiger charge is 2.09. The molecule has 0 saturated heterocycles. The Labute approximate surface area is 121 Å². The van der Waals surface area contributed by atoms with Crippen molar-refractivity contribution >= 4 is 17.2 Å². The van der Waals surface area contributed by atoms with E-state index in [1.807, 2.05) is 35.7 Å². The Morgan fingerprint density at radius 3 is 2.95 bits per heavy atom. The van der Waals surface area contributed by atoms with Gasteiger partial charge >= 0.3 is 0 Å². The second-order valence-electron chi connectivity index (χ2n) is 4.80. The summed E-state index contributed by atoms with van der Waals surface area (Å²) in [4.78, 5) is 12.1. The average Bonchev–Trinajstić information content (AvgIpc) is 2.91. The molecule has 1 aromatic carbocycles. The number of pyridine rings is 1. The van der Waals surface area contributed by atoms with Gasteiger partial charge in [-0.15, -0.1) is 10.2 Å². The predicted molar refractivity (Wildman–Crippen MR) is 79.7 cm³/mol. The number of nitrogens with zero attached hydrogens (tertiary/aromatic N) is 3. The summed E-state index contributed by atoms with van der Waals surface area (Å²) in [5.41, 5.74) is 8.64. The normalized spacial score (nSPS) is 10.7. The average molecular weight is 281 g/mol. The van der Waals surface area contributed by atoms with Gasteiger partial charge < -0.3 is 11.1 Å². The van der Waals surface area contributed by atoms with Gasteiger partial charge in [-0.25, -0.2) is 0 Å². The van der Waals surface area contributed by atoms with Crippen LogP contribution in [0.3, 0.4) is 0 Å². The molecule has 0 fully saturated rings. The molecule has 3 rings (SSSR count). The predicted octanol–water partition coefficient (Wildman–Crippen LogP) is 1.55. The maximum Gasteiger partial charge on any atom is 0.251 e. The number of amides is 1. The Morgan fingerprint density at radius 1 is 1.29 bits per heavy atom. The van der Waals surface area contributed by atoms with E-state index in [0.29, 0.717) is 23.6 Å². The molecule has 0 aliphatic carbocycles. The second kappa shape index (κ2) is 5.24. The number of nitrogens with one attached hydrogen (secondary N) is 1. The fourth-order valence-electron chi connectivity index (χ4n) is 2.09. The van der Waals surface area contributed by atoms with Crippen LogP contribution in [0.15, 0.2) is 42.6 Å². The quantitative estimate of drug-likeness (QED) is 0.713. The maximum absolute atomic E-state index is 12.1. The van der Waals surface area contributed by atoms with Crippen LogP contribution in [0.2, 0.25) is 0 Å². The van der Waals surface area contributed by atoms with Crippen LogP contribution in [-0.2, 0) is 6.54 Å². The Kier molecular flexibility index (Phi) is 3.27. The van der Waals surface area contributed by atoms with E-state index in [2.05, 4.69) is 15.5 Å². The summed E-state index contributed by atoms with van der Waals surface area (Å²) in [6.07, 6.45) is 1.87. The minimum absolute atomic E-state index is 0.161. The van der Waals surface area contributed by atoms with E-state index >= 15 is 0 Å². The molecule has 0 bridgehead atoms. The first-order valence-electron chi connectivity index (χ1n) is 6.58. The van der Waals surface area contributed by atoms with Crippen LogP contribution in [0.4, 0.5) is 5.69 Å². The first-order chi connectivity index (χ1) is 10.1. The molecule has 0 aliphatic rings. The van der Waals surface area contributed by atoms with Gasteiger partial charge in [0.25, 0.3) is 5.91 Å². The molecular formula is C15H15N5O. The zero-order chi connectivity index (χ0) is 14.8.